The molecule has 0 fully saturated rings. The first-order chi connectivity index (χ1) is 12.7. The second kappa shape index (κ2) is 9.07. The van der Waals surface area contributed by atoms with Crippen LogP contribution in [0.25, 0.3) is 0 Å². The molecule has 0 saturated carbocycles. The fourth-order valence-electron chi connectivity index (χ4n) is 3.30. The lowest BCUT2D eigenvalue weighted by atomic mass is 10.2. The normalized spacial score (nSPS) is 14.7. The number of hydrogen-bond acceptors (Lipinski definition) is 4. The van der Waals surface area contributed by atoms with Gasteiger partial charge in [0.1, 0.15) is 5.82 Å². The van der Waals surface area contributed by atoms with Gasteiger partial charge in [-0.15, -0.1) is 22.0 Å². The van der Waals surface area contributed by atoms with Gasteiger partial charge in [-0.1, -0.05) is 18.6 Å². The highest BCUT2D eigenvalue weighted by Crippen LogP contribution is 2.16. The summed E-state index contributed by atoms with van der Waals surface area (Å²) in [4.78, 5) is 7.83. The van der Waals surface area contributed by atoms with Crippen molar-refractivity contribution in [3.63, 3.8) is 0 Å². The topological polar surface area (TPSA) is 58.3 Å². The van der Waals surface area contributed by atoms with Crippen molar-refractivity contribution in [2.24, 2.45) is 4.99 Å². The van der Waals surface area contributed by atoms with E-state index in [1.54, 1.807) is 11.8 Å². The largest absolute Gasteiger partial charge is 0.349 e. The number of thioether (sulfide) groups is 1. The van der Waals surface area contributed by atoms with Crippen LogP contribution >= 0.6 is 11.8 Å². The van der Waals surface area contributed by atoms with Crippen molar-refractivity contribution >= 4 is 17.7 Å². The summed E-state index contributed by atoms with van der Waals surface area (Å²) in [7, 11) is 3.88. The van der Waals surface area contributed by atoms with Crippen LogP contribution < -0.4 is 5.32 Å². The average Bonchev–Trinajstić information content (AvgIpc) is 2.89. The van der Waals surface area contributed by atoms with E-state index in [4.69, 9.17) is 0 Å². The van der Waals surface area contributed by atoms with Gasteiger partial charge in [-0.2, -0.15) is 0 Å². The van der Waals surface area contributed by atoms with Gasteiger partial charge in [0, 0.05) is 38.5 Å². The van der Waals surface area contributed by atoms with E-state index in [-0.39, 0.29) is 0 Å². The van der Waals surface area contributed by atoms with Crippen LogP contribution in [0.5, 0.6) is 0 Å². The Bertz CT molecular complexity index is 737. The molecule has 140 valence electrons. The summed E-state index contributed by atoms with van der Waals surface area (Å²) < 4.78 is 2.27. The molecule has 0 aliphatic carbocycles. The molecular weight excluding hydrogens is 344 g/mol. The van der Waals surface area contributed by atoms with Crippen LogP contribution in [0.3, 0.4) is 0 Å². The highest BCUT2D eigenvalue weighted by Gasteiger charge is 2.15. The van der Waals surface area contributed by atoms with Gasteiger partial charge in [-0.3, -0.25) is 4.99 Å². The van der Waals surface area contributed by atoms with Gasteiger partial charge in [0.05, 0.1) is 6.54 Å². The molecule has 1 aliphatic heterocycles. The van der Waals surface area contributed by atoms with Crippen molar-refractivity contribution in [2.75, 3.05) is 20.4 Å². The maximum Gasteiger partial charge on any atom is 0.194 e. The molecular formula is C19H28N6S. The summed E-state index contributed by atoms with van der Waals surface area (Å²) in [5, 5.41) is 12.2. The molecule has 0 unspecified atom stereocenters. The standard InChI is InChI=1S/C19H28N6S/c1-20-19(24(2)14-15-8-10-16(26-3)11-9-15)21-13-18-23-22-17-7-5-4-6-12-25(17)18/h8-11H,4-7,12-14H2,1-3H3,(H,20,21). The van der Waals surface area contributed by atoms with Gasteiger partial charge in [0.15, 0.2) is 11.8 Å². The molecule has 1 aliphatic rings. The molecule has 2 aromatic rings. The minimum atomic E-state index is 0.648. The Balaban J connectivity index is 1.59. The molecule has 2 heterocycles. The van der Waals surface area contributed by atoms with Gasteiger partial charge >= 0.3 is 0 Å². The lowest BCUT2D eigenvalue weighted by molar-refractivity contribution is 0.473. The number of aliphatic imine (C=N–C) groups is 1. The Kier molecular flexibility index (Phi) is 6.55. The van der Waals surface area contributed by atoms with Crippen LogP contribution in [0.2, 0.25) is 0 Å². The van der Waals surface area contributed by atoms with Crippen LogP contribution in [-0.2, 0) is 26.1 Å². The number of fused-ring (bicyclic) bond motifs is 1. The van der Waals surface area contributed by atoms with Gasteiger partial charge < -0.3 is 14.8 Å². The lowest BCUT2D eigenvalue weighted by Crippen LogP contribution is -2.38. The zero-order valence-electron chi connectivity index (χ0n) is 15.9. The van der Waals surface area contributed by atoms with Gasteiger partial charge in [-0.05, 0) is 36.8 Å². The number of aromatic nitrogens is 3. The molecule has 6 nitrogen and oxygen atoms in total. The highest BCUT2D eigenvalue weighted by atomic mass is 32.2. The molecule has 0 radical (unpaired) electrons. The van der Waals surface area contributed by atoms with E-state index in [2.05, 4.69) is 67.5 Å². The number of guanidine groups is 1. The Morgan fingerprint density at radius 2 is 2.04 bits per heavy atom. The Labute approximate surface area is 160 Å². The Hall–Kier alpha value is -2.02. The first kappa shape index (κ1) is 18.8. The maximum absolute atomic E-state index is 4.42. The summed E-state index contributed by atoms with van der Waals surface area (Å²) in [6.45, 7) is 2.48. The summed E-state index contributed by atoms with van der Waals surface area (Å²) in [5.41, 5.74) is 1.27. The van der Waals surface area contributed by atoms with E-state index in [0.29, 0.717) is 6.54 Å². The predicted octanol–water partition coefficient (Wildman–Crippen LogP) is 2.93. The monoisotopic (exact) mass is 372 g/mol. The second-order valence-electron chi connectivity index (χ2n) is 6.60. The van der Waals surface area contributed by atoms with E-state index < -0.39 is 0 Å². The predicted molar refractivity (Wildman–Crippen MR) is 107 cm³/mol. The first-order valence-corrected chi connectivity index (χ1v) is 10.4. The van der Waals surface area contributed by atoms with Crippen LogP contribution in [0.1, 0.15) is 36.5 Å². The second-order valence-corrected chi connectivity index (χ2v) is 7.48. The molecule has 0 amide bonds. The number of aryl methyl sites for hydroxylation is 1. The van der Waals surface area contributed by atoms with E-state index in [1.807, 2.05) is 7.05 Å². The molecule has 0 bridgehead atoms. The van der Waals surface area contributed by atoms with Crippen LogP contribution in [0.15, 0.2) is 34.2 Å². The number of nitrogens with one attached hydrogen (secondary N) is 1. The third-order valence-corrected chi connectivity index (χ3v) is 5.49. The maximum atomic E-state index is 4.42. The van der Waals surface area contributed by atoms with E-state index in [1.165, 1.54) is 29.7 Å². The summed E-state index contributed by atoms with van der Waals surface area (Å²) >= 11 is 1.76. The molecule has 1 N–H and O–H groups in total. The first-order valence-electron chi connectivity index (χ1n) is 9.17. The van der Waals surface area contributed by atoms with Crippen LogP contribution in [0.4, 0.5) is 0 Å². The quantitative estimate of drug-likeness (QED) is 0.497. The van der Waals surface area contributed by atoms with Crippen molar-refractivity contribution < 1.29 is 0 Å². The Morgan fingerprint density at radius 3 is 2.77 bits per heavy atom. The van der Waals surface area contributed by atoms with Crippen molar-refractivity contribution in [1.29, 1.82) is 0 Å². The van der Waals surface area contributed by atoms with E-state index in [9.17, 15) is 0 Å². The number of nitrogens with zero attached hydrogens (tertiary/aromatic N) is 5. The van der Waals surface area contributed by atoms with Gasteiger partial charge in [-0.25, -0.2) is 0 Å². The summed E-state index contributed by atoms with van der Waals surface area (Å²) in [5.74, 6) is 2.99. The zero-order valence-corrected chi connectivity index (χ0v) is 16.7. The van der Waals surface area contributed by atoms with Gasteiger partial charge in [0.25, 0.3) is 0 Å². The average molecular weight is 373 g/mol. The molecule has 26 heavy (non-hydrogen) atoms. The van der Waals surface area contributed by atoms with Crippen LogP contribution in [-0.4, -0.2) is 46.0 Å². The molecule has 0 saturated heterocycles. The van der Waals surface area contributed by atoms with E-state index in [0.717, 1.165) is 37.1 Å². The third kappa shape index (κ3) is 4.58. The molecule has 0 atom stereocenters. The number of rotatable bonds is 5. The molecule has 7 heteroatoms. The fraction of sp³-hybridized carbons (Fsp3) is 0.526. The van der Waals surface area contributed by atoms with Crippen molar-refractivity contribution in [2.45, 2.75) is 50.2 Å². The van der Waals surface area contributed by atoms with E-state index >= 15 is 0 Å². The minimum Gasteiger partial charge on any atom is -0.349 e. The highest BCUT2D eigenvalue weighted by molar-refractivity contribution is 7.98. The zero-order chi connectivity index (χ0) is 18.4. The smallest absolute Gasteiger partial charge is 0.194 e. The number of hydrogen-bond donors (Lipinski definition) is 1. The minimum absolute atomic E-state index is 0.648. The third-order valence-electron chi connectivity index (χ3n) is 4.74. The SMILES string of the molecule is CN=C(NCc1nnc2n1CCCCC2)N(C)Cc1ccc(SC)cc1. The summed E-state index contributed by atoms with van der Waals surface area (Å²) in [6.07, 6.45) is 6.83. The molecule has 1 aromatic heterocycles. The number of benzene rings is 1. The molecule has 0 spiro atoms. The Morgan fingerprint density at radius 1 is 1.23 bits per heavy atom. The molecule has 1 aromatic carbocycles. The van der Waals surface area contributed by atoms with Crippen LogP contribution in [0, 0.1) is 0 Å². The fourth-order valence-corrected chi connectivity index (χ4v) is 3.71. The van der Waals surface area contributed by atoms with Crippen molar-refractivity contribution in [3.05, 3.63) is 41.5 Å². The lowest BCUT2D eigenvalue weighted by Gasteiger charge is -2.22. The summed E-state index contributed by atoms with van der Waals surface area (Å²) in [6, 6.07) is 8.67. The molecule has 3 rings (SSSR count). The van der Waals surface area contributed by atoms with Crippen molar-refractivity contribution in [1.82, 2.24) is 25.0 Å². The van der Waals surface area contributed by atoms with Gasteiger partial charge in [0.2, 0.25) is 0 Å². The van der Waals surface area contributed by atoms with Crippen molar-refractivity contribution in [3.8, 4) is 0 Å².